The highest BCUT2D eigenvalue weighted by Gasteiger charge is 2.07. The fraction of sp³-hybridized carbons (Fsp3) is 0.182. The zero-order chi connectivity index (χ0) is 10.6. The van der Waals surface area contributed by atoms with Crippen LogP contribution in [0.15, 0.2) is 30.9 Å². The van der Waals surface area contributed by atoms with Gasteiger partial charge in [0.05, 0.1) is 5.69 Å². The fourth-order valence-corrected chi connectivity index (χ4v) is 1.08. The molecule has 0 radical (unpaired) electrons. The fourth-order valence-electron chi connectivity index (χ4n) is 1.08. The SMILES string of the molecule is C=CCCC(=O)c1ccc(N)c(F)c1. The average Bonchev–Trinajstić information content (AvgIpc) is 2.18. The molecule has 74 valence electrons. The van der Waals surface area contributed by atoms with E-state index in [4.69, 9.17) is 5.73 Å². The number of halogens is 1. The van der Waals surface area contributed by atoms with Gasteiger partial charge in [0.25, 0.3) is 0 Å². The lowest BCUT2D eigenvalue weighted by Gasteiger charge is -2.01. The molecular formula is C11H12FNO. The molecule has 0 saturated heterocycles. The molecule has 0 saturated carbocycles. The highest BCUT2D eigenvalue weighted by atomic mass is 19.1. The van der Waals surface area contributed by atoms with E-state index in [9.17, 15) is 9.18 Å². The van der Waals surface area contributed by atoms with Crippen LogP contribution in [0.4, 0.5) is 10.1 Å². The molecule has 0 bridgehead atoms. The van der Waals surface area contributed by atoms with Crippen molar-refractivity contribution in [2.24, 2.45) is 0 Å². The van der Waals surface area contributed by atoms with Crippen molar-refractivity contribution in [3.05, 3.63) is 42.2 Å². The Morgan fingerprint density at radius 1 is 1.57 bits per heavy atom. The molecule has 0 spiro atoms. The normalized spacial score (nSPS) is 9.79. The predicted octanol–water partition coefficient (Wildman–Crippen LogP) is 2.56. The Kier molecular flexibility index (Phi) is 3.40. The van der Waals surface area contributed by atoms with E-state index in [1.165, 1.54) is 18.2 Å². The molecule has 0 aliphatic carbocycles. The highest BCUT2D eigenvalue weighted by Crippen LogP contribution is 2.13. The lowest BCUT2D eigenvalue weighted by atomic mass is 10.1. The molecule has 0 fully saturated rings. The molecule has 0 heterocycles. The number of carbonyl (C=O) groups excluding carboxylic acids is 1. The topological polar surface area (TPSA) is 43.1 Å². The minimum atomic E-state index is -0.547. The van der Waals surface area contributed by atoms with Gasteiger partial charge in [-0.2, -0.15) is 0 Å². The van der Waals surface area contributed by atoms with Gasteiger partial charge in [-0.3, -0.25) is 4.79 Å². The zero-order valence-electron chi connectivity index (χ0n) is 7.79. The van der Waals surface area contributed by atoms with E-state index in [0.717, 1.165) is 0 Å². The molecule has 1 aromatic carbocycles. The summed E-state index contributed by atoms with van der Waals surface area (Å²) in [5.41, 5.74) is 5.71. The van der Waals surface area contributed by atoms with E-state index in [0.29, 0.717) is 18.4 Å². The van der Waals surface area contributed by atoms with Crippen LogP contribution in [0.5, 0.6) is 0 Å². The molecule has 1 aromatic rings. The number of hydrogen-bond acceptors (Lipinski definition) is 2. The van der Waals surface area contributed by atoms with Gasteiger partial charge in [0.2, 0.25) is 0 Å². The summed E-state index contributed by atoms with van der Waals surface area (Å²) in [5.74, 6) is -0.641. The first-order chi connectivity index (χ1) is 6.65. The summed E-state index contributed by atoms with van der Waals surface area (Å²) >= 11 is 0. The van der Waals surface area contributed by atoms with Crippen LogP contribution in [-0.2, 0) is 0 Å². The van der Waals surface area contributed by atoms with Crippen LogP contribution < -0.4 is 5.73 Å². The van der Waals surface area contributed by atoms with Crippen molar-refractivity contribution < 1.29 is 9.18 Å². The number of ketones is 1. The van der Waals surface area contributed by atoms with Crippen LogP contribution in [0, 0.1) is 5.82 Å². The third-order valence-corrected chi connectivity index (χ3v) is 1.90. The van der Waals surface area contributed by atoms with Crippen molar-refractivity contribution in [3.8, 4) is 0 Å². The Morgan fingerprint density at radius 2 is 2.29 bits per heavy atom. The molecule has 0 atom stereocenters. The molecule has 2 nitrogen and oxygen atoms in total. The van der Waals surface area contributed by atoms with Crippen molar-refractivity contribution in [2.45, 2.75) is 12.8 Å². The van der Waals surface area contributed by atoms with Gasteiger partial charge in [-0.1, -0.05) is 6.08 Å². The Balaban J connectivity index is 2.80. The van der Waals surface area contributed by atoms with Crippen LogP contribution in [0.25, 0.3) is 0 Å². The monoisotopic (exact) mass is 193 g/mol. The number of anilines is 1. The lowest BCUT2D eigenvalue weighted by molar-refractivity contribution is 0.0983. The van der Waals surface area contributed by atoms with Crippen molar-refractivity contribution in [1.82, 2.24) is 0 Å². The van der Waals surface area contributed by atoms with Gasteiger partial charge in [-0.05, 0) is 24.6 Å². The quantitative estimate of drug-likeness (QED) is 0.453. The van der Waals surface area contributed by atoms with Gasteiger partial charge in [0.15, 0.2) is 5.78 Å². The van der Waals surface area contributed by atoms with Crippen LogP contribution in [-0.4, -0.2) is 5.78 Å². The Hall–Kier alpha value is -1.64. The number of rotatable bonds is 4. The second-order valence-electron chi connectivity index (χ2n) is 2.99. The molecule has 0 amide bonds. The lowest BCUT2D eigenvalue weighted by Crippen LogP contribution is -2.00. The van der Waals surface area contributed by atoms with Crippen LogP contribution in [0.1, 0.15) is 23.2 Å². The average molecular weight is 193 g/mol. The van der Waals surface area contributed by atoms with Crippen molar-refractivity contribution in [3.63, 3.8) is 0 Å². The number of allylic oxidation sites excluding steroid dienone is 1. The summed E-state index contributed by atoms with van der Waals surface area (Å²) < 4.78 is 13.0. The maximum Gasteiger partial charge on any atom is 0.163 e. The van der Waals surface area contributed by atoms with E-state index >= 15 is 0 Å². The Bertz CT molecular complexity index is 360. The first-order valence-electron chi connectivity index (χ1n) is 4.34. The van der Waals surface area contributed by atoms with Gasteiger partial charge >= 0.3 is 0 Å². The molecule has 0 unspecified atom stereocenters. The van der Waals surface area contributed by atoms with E-state index in [1.54, 1.807) is 6.08 Å². The van der Waals surface area contributed by atoms with Crippen LogP contribution in [0.2, 0.25) is 0 Å². The summed E-state index contributed by atoms with van der Waals surface area (Å²) in [5, 5.41) is 0. The third kappa shape index (κ3) is 2.42. The number of nitrogen functional groups attached to an aromatic ring is 1. The van der Waals surface area contributed by atoms with E-state index < -0.39 is 5.82 Å². The van der Waals surface area contributed by atoms with E-state index in [1.807, 2.05) is 0 Å². The van der Waals surface area contributed by atoms with Gasteiger partial charge in [-0.15, -0.1) is 6.58 Å². The molecule has 0 aromatic heterocycles. The maximum absolute atomic E-state index is 13.0. The summed E-state index contributed by atoms with van der Waals surface area (Å²) in [4.78, 5) is 11.4. The van der Waals surface area contributed by atoms with Gasteiger partial charge in [-0.25, -0.2) is 4.39 Å². The third-order valence-electron chi connectivity index (χ3n) is 1.90. The number of hydrogen-bond donors (Lipinski definition) is 1. The molecule has 0 aliphatic rings. The van der Waals surface area contributed by atoms with E-state index in [-0.39, 0.29) is 11.5 Å². The molecule has 1 rings (SSSR count). The Labute approximate surface area is 82.2 Å². The largest absolute Gasteiger partial charge is 0.396 e. The summed E-state index contributed by atoms with van der Waals surface area (Å²) in [6.45, 7) is 3.51. The van der Waals surface area contributed by atoms with Crippen molar-refractivity contribution in [1.29, 1.82) is 0 Å². The smallest absolute Gasteiger partial charge is 0.163 e. The summed E-state index contributed by atoms with van der Waals surface area (Å²) in [6, 6.07) is 4.10. The zero-order valence-corrected chi connectivity index (χ0v) is 7.79. The first-order valence-corrected chi connectivity index (χ1v) is 4.34. The number of carbonyl (C=O) groups is 1. The van der Waals surface area contributed by atoms with Gasteiger partial charge in [0, 0.05) is 12.0 Å². The minimum absolute atomic E-state index is 0.0604. The van der Waals surface area contributed by atoms with Crippen LogP contribution in [0.3, 0.4) is 0 Å². The molecule has 2 N–H and O–H groups in total. The summed E-state index contributed by atoms with van der Waals surface area (Å²) in [7, 11) is 0. The van der Waals surface area contributed by atoms with Gasteiger partial charge in [0.1, 0.15) is 5.82 Å². The maximum atomic E-state index is 13.0. The number of benzene rings is 1. The molecule has 3 heteroatoms. The Morgan fingerprint density at radius 3 is 2.86 bits per heavy atom. The summed E-state index contributed by atoms with van der Waals surface area (Å²) in [6.07, 6.45) is 2.61. The van der Waals surface area contributed by atoms with Crippen molar-refractivity contribution in [2.75, 3.05) is 5.73 Å². The number of Topliss-reactive ketones (excluding diaryl/α,β-unsaturated/α-hetero) is 1. The molecule has 0 aliphatic heterocycles. The standard InChI is InChI=1S/C11H12FNO/c1-2-3-4-11(14)8-5-6-10(13)9(12)7-8/h2,5-7H,1,3-4,13H2. The molecule has 14 heavy (non-hydrogen) atoms. The molecular weight excluding hydrogens is 181 g/mol. The van der Waals surface area contributed by atoms with Crippen LogP contribution >= 0.6 is 0 Å². The van der Waals surface area contributed by atoms with Crippen molar-refractivity contribution >= 4 is 11.5 Å². The van der Waals surface area contributed by atoms with Gasteiger partial charge < -0.3 is 5.73 Å². The van der Waals surface area contributed by atoms with E-state index in [2.05, 4.69) is 6.58 Å². The second kappa shape index (κ2) is 4.56. The first kappa shape index (κ1) is 10.4. The predicted molar refractivity (Wildman–Crippen MR) is 54.6 cm³/mol. The number of nitrogens with two attached hydrogens (primary N) is 1. The highest BCUT2D eigenvalue weighted by molar-refractivity contribution is 5.96. The second-order valence-corrected chi connectivity index (χ2v) is 2.99. The minimum Gasteiger partial charge on any atom is -0.396 e.